The van der Waals surface area contributed by atoms with Crippen LogP contribution in [0, 0.1) is 5.92 Å². The minimum atomic E-state index is 0.685. The number of likely N-dealkylation sites (N-methyl/N-ethyl adjacent to an activating group) is 2. The van der Waals surface area contributed by atoms with Gasteiger partial charge in [-0.3, -0.25) is 4.90 Å². The normalized spacial score (nSPS) is 19.8. The second kappa shape index (κ2) is 8.92. The van der Waals surface area contributed by atoms with Crippen molar-refractivity contribution < 1.29 is 0 Å². The average Bonchev–Trinajstić information content (AvgIpc) is 2.32. The summed E-state index contributed by atoms with van der Waals surface area (Å²) < 4.78 is 0. The van der Waals surface area contributed by atoms with Gasteiger partial charge in [-0.2, -0.15) is 0 Å². The highest BCUT2D eigenvalue weighted by molar-refractivity contribution is 4.85. The van der Waals surface area contributed by atoms with E-state index >= 15 is 0 Å². The Morgan fingerprint density at radius 3 is 2.28 bits per heavy atom. The van der Waals surface area contributed by atoms with Crippen molar-refractivity contribution in [2.75, 3.05) is 19.6 Å². The lowest BCUT2D eigenvalue weighted by Crippen LogP contribution is -2.51. The molecule has 0 heterocycles. The van der Waals surface area contributed by atoms with Gasteiger partial charge in [0, 0.05) is 18.6 Å². The molecule has 0 aliphatic heterocycles. The van der Waals surface area contributed by atoms with Gasteiger partial charge >= 0.3 is 0 Å². The third-order valence-electron chi connectivity index (χ3n) is 4.54. The lowest BCUT2D eigenvalue weighted by Gasteiger charge is -2.40. The Morgan fingerprint density at radius 1 is 1.17 bits per heavy atom. The fourth-order valence-electron chi connectivity index (χ4n) is 3.31. The molecule has 18 heavy (non-hydrogen) atoms. The summed E-state index contributed by atoms with van der Waals surface area (Å²) in [5.41, 5.74) is 0. The number of nitrogens with one attached hydrogen (secondary N) is 1. The minimum absolute atomic E-state index is 0.685. The highest BCUT2D eigenvalue weighted by Gasteiger charge is 2.27. The van der Waals surface area contributed by atoms with Crippen molar-refractivity contribution in [1.29, 1.82) is 0 Å². The molecule has 0 spiro atoms. The van der Waals surface area contributed by atoms with E-state index in [1.165, 1.54) is 51.6 Å². The van der Waals surface area contributed by atoms with Gasteiger partial charge in [0.25, 0.3) is 0 Å². The van der Waals surface area contributed by atoms with Gasteiger partial charge in [0.05, 0.1) is 0 Å². The molecule has 2 atom stereocenters. The van der Waals surface area contributed by atoms with Crippen molar-refractivity contribution >= 4 is 0 Å². The van der Waals surface area contributed by atoms with Gasteiger partial charge in [-0.25, -0.2) is 0 Å². The van der Waals surface area contributed by atoms with E-state index in [9.17, 15) is 0 Å². The second-order valence-electron chi connectivity index (χ2n) is 5.81. The number of hydrogen-bond acceptors (Lipinski definition) is 2. The van der Waals surface area contributed by atoms with E-state index in [-0.39, 0.29) is 0 Å². The summed E-state index contributed by atoms with van der Waals surface area (Å²) >= 11 is 0. The monoisotopic (exact) mass is 254 g/mol. The standard InChI is InChI=1S/C16H34N2/c1-5-10-15(17-7-3)16(6-2)18(8-4)13-14-11-9-12-14/h14-17H,5-13H2,1-4H3. The Bertz CT molecular complexity index is 195. The third kappa shape index (κ3) is 4.55. The molecule has 0 aromatic heterocycles. The van der Waals surface area contributed by atoms with Crippen molar-refractivity contribution in [3.8, 4) is 0 Å². The Hall–Kier alpha value is -0.0800. The molecule has 1 aliphatic carbocycles. The predicted molar refractivity (Wildman–Crippen MR) is 81.0 cm³/mol. The van der Waals surface area contributed by atoms with Gasteiger partial charge in [0.2, 0.25) is 0 Å². The molecule has 0 saturated heterocycles. The summed E-state index contributed by atoms with van der Waals surface area (Å²) in [6, 6.07) is 1.42. The van der Waals surface area contributed by atoms with E-state index in [1.807, 2.05) is 0 Å². The molecule has 0 aromatic rings. The second-order valence-corrected chi connectivity index (χ2v) is 5.81. The van der Waals surface area contributed by atoms with Crippen molar-refractivity contribution in [2.45, 2.75) is 78.3 Å². The number of nitrogens with zero attached hydrogens (tertiary/aromatic N) is 1. The van der Waals surface area contributed by atoms with Crippen LogP contribution < -0.4 is 5.32 Å². The van der Waals surface area contributed by atoms with Crippen LogP contribution in [0.2, 0.25) is 0 Å². The first-order chi connectivity index (χ1) is 8.76. The quantitative estimate of drug-likeness (QED) is 0.640. The lowest BCUT2D eigenvalue weighted by atomic mass is 9.84. The van der Waals surface area contributed by atoms with E-state index < -0.39 is 0 Å². The molecule has 0 bridgehead atoms. The first-order valence-corrected chi connectivity index (χ1v) is 8.24. The van der Waals surface area contributed by atoms with Gasteiger partial charge in [-0.15, -0.1) is 0 Å². The van der Waals surface area contributed by atoms with Crippen molar-refractivity contribution in [1.82, 2.24) is 10.2 Å². The highest BCUT2D eigenvalue weighted by atomic mass is 15.2. The van der Waals surface area contributed by atoms with Crippen LogP contribution in [0.1, 0.15) is 66.2 Å². The van der Waals surface area contributed by atoms with Gasteiger partial charge in [0.15, 0.2) is 0 Å². The minimum Gasteiger partial charge on any atom is -0.313 e. The summed E-state index contributed by atoms with van der Waals surface area (Å²) in [5, 5.41) is 3.72. The number of rotatable bonds is 10. The fourth-order valence-corrected chi connectivity index (χ4v) is 3.31. The fraction of sp³-hybridized carbons (Fsp3) is 1.00. The maximum atomic E-state index is 3.72. The molecule has 0 amide bonds. The van der Waals surface area contributed by atoms with Crippen LogP contribution in [0.15, 0.2) is 0 Å². The first-order valence-electron chi connectivity index (χ1n) is 8.24. The highest BCUT2D eigenvalue weighted by Crippen LogP contribution is 2.28. The summed E-state index contributed by atoms with van der Waals surface area (Å²) in [5.74, 6) is 0.989. The van der Waals surface area contributed by atoms with Gasteiger partial charge in [0.1, 0.15) is 0 Å². The zero-order chi connectivity index (χ0) is 13.4. The Kier molecular flexibility index (Phi) is 7.92. The molecular weight excluding hydrogens is 220 g/mol. The summed E-state index contributed by atoms with van der Waals surface area (Å²) in [7, 11) is 0. The SMILES string of the molecule is CCCC(NCC)C(CC)N(CC)CC1CCC1. The Labute approximate surface area is 115 Å². The Balaban J connectivity index is 2.56. The number of hydrogen-bond donors (Lipinski definition) is 1. The van der Waals surface area contributed by atoms with Crippen LogP contribution in [0.3, 0.4) is 0 Å². The van der Waals surface area contributed by atoms with E-state index in [2.05, 4.69) is 37.9 Å². The molecule has 0 aromatic carbocycles. The molecular formula is C16H34N2. The molecule has 1 saturated carbocycles. The first kappa shape index (κ1) is 16.0. The summed E-state index contributed by atoms with van der Waals surface area (Å²) in [4.78, 5) is 2.74. The zero-order valence-corrected chi connectivity index (χ0v) is 13.0. The van der Waals surface area contributed by atoms with E-state index in [1.54, 1.807) is 0 Å². The molecule has 108 valence electrons. The molecule has 0 radical (unpaired) electrons. The van der Waals surface area contributed by atoms with Gasteiger partial charge in [-0.1, -0.05) is 40.5 Å². The van der Waals surface area contributed by atoms with Gasteiger partial charge < -0.3 is 5.32 Å². The van der Waals surface area contributed by atoms with Crippen LogP contribution in [0.5, 0.6) is 0 Å². The molecule has 1 fully saturated rings. The molecule has 1 rings (SSSR count). The maximum absolute atomic E-state index is 3.72. The van der Waals surface area contributed by atoms with Crippen molar-refractivity contribution in [2.24, 2.45) is 5.92 Å². The zero-order valence-electron chi connectivity index (χ0n) is 13.0. The topological polar surface area (TPSA) is 15.3 Å². The van der Waals surface area contributed by atoms with Crippen molar-refractivity contribution in [3.05, 3.63) is 0 Å². The summed E-state index contributed by atoms with van der Waals surface area (Å²) in [6.07, 6.45) is 8.27. The summed E-state index contributed by atoms with van der Waals surface area (Å²) in [6.45, 7) is 12.9. The smallest absolute Gasteiger partial charge is 0.0246 e. The van der Waals surface area contributed by atoms with Crippen LogP contribution >= 0.6 is 0 Å². The molecule has 2 heteroatoms. The van der Waals surface area contributed by atoms with E-state index in [0.29, 0.717) is 6.04 Å². The third-order valence-corrected chi connectivity index (χ3v) is 4.54. The lowest BCUT2D eigenvalue weighted by molar-refractivity contribution is 0.108. The van der Waals surface area contributed by atoms with Crippen LogP contribution in [0.4, 0.5) is 0 Å². The van der Waals surface area contributed by atoms with Crippen LogP contribution in [-0.2, 0) is 0 Å². The molecule has 2 nitrogen and oxygen atoms in total. The molecule has 2 unspecified atom stereocenters. The molecule has 1 aliphatic rings. The maximum Gasteiger partial charge on any atom is 0.0246 e. The van der Waals surface area contributed by atoms with Gasteiger partial charge in [-0.05, 0) is 44.7 Å². The van der Waals surface area contributed by atoms with Crippen LogP contribution in [0.25, 0.3) is 0 Å². The van der Waals surface area contributed by atoms with Crippen LogP contribution in [-0.4, -0.2) is 36.6 Å². The Morgan fingerprint density at radius 2 is 1.89 bits per heavy atom. The van der Waals surface area contributed by atoms with E-state index in [0.717, 1.165) is 18.5 Å². The average molecular weight is 254 g/mol. The largest absolute Gasteiger partial charge is 0.313 e. The van der Waals surface area contributed by atoms with Crippen molar-refractivity contribution in [3.63, 3.8) is 0 Å². The molecule has 1 N–H and O–H groups in total. The predicted octanol–water partition coefficient (Wildman–Crippen LogP) is 3.67. The van der Waals surface area contributed by atoms with E-state index in [4.69, 9.17) is 0 Å².